The molecule has 0 spiro atoms. The lowest BCUT2D eigenvalue weighted by Gasteiger charge is -2.12. The highest BCUT2D eigenvalue weighted by Crippen LogP contribution is 2.31. The number of pyridine rings is 1. The molecular formula is C24H37N3O5. The average Bonchev–Trinajstić information content (AvgIpc) is 2.83. The fourth-order valence-corrected chi connectivity index (χ4v) is 2.18. The second-order valence-corrected chi connectivity index (χ2v) is 5.54. The molecule has 2 aromatic rings. The van der Waals surface area contributed by atoms with Crippen LogP contribution in [0.3, 0.4) is 0 Å². The number of hydrogen-bond donors (Lipinski definition) is 3. The van der Waals surface area contributed by atoms with Crippen LogP contribution in [0.1, 0.15) is 36.2 Å². The number of hydrogen-bond acceptors (Lipinski definition) is 7. The standard InChI is InChI=1S/C18H23N3O4.C2H4O.C2H6.C2H4/c1-23-9-3-8-20-11-13-4-6-15(16(10-13)24-2)25-17-7-5-14(12-21-17)18(19)22;1-2-3;2*1-2/h4-7,10,12,20H,3,8-9,11H2,1-2H3,(H2,19,22);2-3H,1H2;1-2H3;1-2H2. The van der Waals surface area contributed by atoms with Gasteiger partial charge in [-0.05, 0) is 36.7 Å². The largest absolute Gasteiger partial charge is 0.516 e. The molecule has 0 atom stereocenters. The third-order valence-electron chi connectivity index (χ3n) is 3.49. The zero-order valence-electron chi connectivity index (χ0n) is 19.6. The summed E-state index contributed by atoms with van der Waals surface area (Å²) in [7, 11) is 3.28. The Hall–Kier alpha value is -3.36. The Kier molecular flexibility index (Phi) is 20.1. The van der Waals surface area contributed by atoms with Crippen molar-refractivity contribution in [2.45, 2.75) is 26.8 Å². The van der Waals surface area contributed by atoms with E-state index in [0.717, 1.165) is 37.9 Å². The summed E-state index contributed by atoms with van der Waals surface area (Å²) < 4.78 is 16.1. The van der Waals surface area contributed by atoms with Gasteiger partial charge < -0.3 is 30.4 Å². The Labute approximate surface area is 191 Å². The second kappa shape index (κ2) is 20.9. The van der Waals surface area contributed by atoms with Crippen molar-refractivity contribution >= 4 is 5.91 Å². The molecule has 1 aromatic carbocycles. The topological polar surface area (TPSA) is 116 Å². The quantitative estimate of drug-likeness (QED) is 0.276. The Morgan fingerprint density at radius 1 is 1.19 bits per heavy atom. The van der Waals surface area contributed by atoms with E-state index in [1.165, 1.54) is 6.20 Å². The number of rotatable bonds is 10. The molecule has 0 bridgehead atoms. The van der Waals surface area contributed by atoms with Crippen LogP contribution in [0.15, 0.2) is 62.5 Å². The number of aliphatic hydroxyl groups is 1. The number of amides is 1. The number of carbonyl (C=O) groups is 1. The van der Waals surface area contributed by atoms with Gasteiger partial charge in [0.1, 0.15) is 0 Å². The van der Waals surface area contributed by atoms with Crippen LogP contribution in [0.2, 0.25) is 0 Å². The fraction of sp³-hybridized carbons (Fsp3) is 0.333. The Morgan fingerprint density at radius 2 is 1.84 bits per heavy atom. The van der Waals surface area contributed by atoms with Crippen LogP contribution in [0, 0.1) is 0 Å². The van der Waals surface area contributed by atoms with Crippen LogP contribution >= 0.6 is 0 Å². The van der Waals surface area contributed by atoms with Gasteiger partial charge in [0.05, 0.1) is 18.9 Å². The maximum atomic E-state index is 11.1. The second-order valence-electron chi connectivity index (χ2n) is 5.54. The molecule has 1 heterocycles. The number of benzene rings is 1. The number of methoxy groups -OCH3 is 2. The van der Waals surface area contributed by atoms with Gasteiger partial charge in [-0.25, -0.2) is 4.98 Å². The molecule has 0 aliphatic heterocycles. The highest BCUT2D eigenvalue weighted by atomic mass is 16.5. The SMILES string of the molecule is C=C.C=CO.CC.COCCCNCc1ccc(Oc2ccc(C(N)=O)cn2)c(OC)c1. The van der Waals surface area contributed by atoms with E-state index in [9.17, 15) is 4.79 Å². The smallest absolute Gasteiger partial charge is 0.250 e. The number of ether oxygens (including phenoxy) is 3. The van der Waals surface area contributed by atoms with Crippen molar-refractivity contribution in [2.75, 3.05) is 27.4 Å². The van der Waals surface area contributed by atoms with Crippen LogP contribution in [-0.2, 0) is 11.3 Å². The molecular weight excluding hydrogens is 410 g/mol. The Morgan fingerprint density at radius 3 is 2.34 bits per heavy atom. The minimum Gasteiger partial charge on any atom is -0.516 e. The molecule has 0 radical (unpaired) electrons. The van der Waals surface area contributed by atoms with Crippen LogP contribution < -0.4 is 20.5 Å². The van der Waals surface area contributed by atoms with E-state index in [-0.39, 0.29) is 0 Å². The van der Waals surface area contributed by atoms with Crippen molar-refractivity contribution < 1.29 is 24.1 Å². The van der Waals surface area contributed by atoms with Gasteiger partial charge in [-0.3, -0.25) is 4.79 Å². The zero-order chi connectivity index (χ0) is 24.8. The van der Waals surface area contributed by atoms with Crippen LogP contribution in [-0.4, -0.2) is 43.4 Å². The summed E-state index contributed by atoms with van der Waals surface area (Å²) in [6.45, 7) is 15.3. The number of carbonyl (C=O) groups excluding carboxylic acids is 1. The normalized spacial score (nSPS) is 8.88. The number of aromatic nitrogens is 1. The van der Waals surface area contributed by atoms with Crippen molar-refractivity contribution in [3.05, 3.63) is 73.7 Å². The maximum absolute atomic E-state index is 11.1. The van der Waals surface area contributed by atoms with Crippen molar-refractivity contribution in [1.82, 2.24) is 10.3 Å². The first-order chi connectivity index (χ1) is 15.5. The molecule has 8 heteroatoms. The summed E-state index contributed by atoms with van der Waals surface area (Å²) in [5.74, 6) is 0.981. The first-order valence-corrected chi connectivity index (χ1v) is 10.1. The first kappa shape index (κ1) is 30.8. The van der Waals surface area contributed by atoms with Crippen LogP contribution in [0.5, 0.6) is 17.4 Å². The summed E-state index contributed by atoms with van der Waals surface area (Å²) >= 11 is 0. The number of aliphatic hydroxyl groups excluding tert-OH is 1. The monoisotopic (exact) mass is 447 g/mol. The maximum Gasteiger partial charge on any atom is 0.250 e. The Balaban J connectivity index is 0. The molecule has 178 valence electrons. The van der Waals surface area contributed by atoms with E-state index in [0.29, 0.717) is 22.9 Å². The van der Waals surface area contributed by atoms with Gasteiger partial charge in [0.15, 0.2) is 11.5 Å². The van der Waals surface area contributed by atoms with Gasteiger partial charge >= 0.3 is 0 Å². The van der Waals surface area contributed by atoms with Gasteiger partial charge in [-0.15, -0.1) is 13.2 Å². The molecule has 0 saturated carbocycles. The molecule has 0 fully saturated rings. The number of nitrogens with one attached hydrogen (secondary N) is 1. The molecule has 0 unspecified atom stereocenters. The molecule has 1 aromatic heterocycles. The third-order valence-corrected chi connectivity index (χ3v) is 3.49. The van der Waals surface area contributed by atoms with E-state index in [2.05, 4.69) is 30.0 Å². The lowest BCUT2D eigenvalue weighted by molar-refractivity contribution is 0.1000. The molecule has 0 aliphatic rings. The number of primary amides is 1. The predicted octanol–water partition coefficient (Wildman–Crippen LogP) is 4.62. The number of nitrogens with zero attached hydrogens (tertiary/aromatic N) is 1. The van der Waals surface area contributed by atoms with Crippen molar-refractivity contribution in [3.63, 3.8) is 0 Å². The lowest BCUT2D eigenvalue weighted by Crippen LogP contribution is -2.16. The first-order valence-electron chi connectivity index (χ1n) is 10.1. The van der Waals surface area contributed by atoms with Gasteiger partial charge in [0.25, 0.3) is 0 Å². The third kappa shape index (κ3) is 13.0. The van der Waals surface area contributed by atoms with E-state index in [1.54, 1.807) is 26.4 Å². The van der Waals surface area contributed by atoms with Crippen molar-refractivity contribution in [2.24, 2.45) is 5.73 Å². The highest BCUT2D eigenvalue weighted by molar-refractivity contribution is 5.92. The van der Waals surface area contributed by atoms with Gasteiger partial charge in [0, 0.05) is 32.5 Å². The minimum atomic E-state index is -0.529. The predicted molar refractivity (Wildman–Crippen MR) is 129 cm³/mol. The van der Waals surface area contributed by atoms with Gasteiger partial charge in [0.2, 0.25) is 11.8 Å². The van der Waals surface area contributed by atoms with Crippen LogP contribution in [0.25, 0.3) is 0 Å². The zero-order valence-corrected chi connectivity index (χ0v) is 19.6. The lowest BCUT2D eigenvalue weighted by atomic mass is 10.2. The molecule has 1 amide bonds. The molecule has 0 aliphatic carbocycles. The fourth-order valence-electron chi connectivity index (χ4n) is 2.18. The minimum absolute atomic E-state index is 0.328. The molecule has 8 nitrogen and oxygen atoms in total. The summed E-state index contributed by atoms with van der Waals surface area (Å²) in [6.07, 6.45) is 3.09. The summed E-state index contributed by atoms with van der Waals surface area (Å²) in [5.41, 5.74) is 6.60. The van der Waals surface area contributed by atoms with Crippen molar-refractivity contribution in [1.29, 1.82) is 0 Å². The summed E-state index contributed by atoms with van der Waals surface area (Å²) in [5, 5.41) is 10.7. The van der Waals surface area contributed by atoms with E-state index >= 15 is 0 Å². The van der Waals surface area contributed by atoms with E-state index < -0.39 is 5.91 Å². The molecule has 2 rings (SSSR count). The average molecular weight is 448 g/mol. The number of nitrogens with two attached hydrogens (primary N) is 1. The summed E-state index contributed by atoms with van der Waals surface area (Å²) in [4.78, 5) is 15.1. The van der Waals surface area contributed by atoms with Crippen LogP contribution in [0.4, 0.5) is 0 Å². The molecule has 32 heavy (non-hydrogen) atoms. The Bertz CT molecular complexity index is 752. The van der Waals surface area contributed by atoms with Gasteiger partial charge in [-0.2, -0.15) is 0 Å². The molecule has 4 N–H and O–H groups in total. The van der Waals surface area contributed by atoms with E-state index in [1.807, 2.05) is 32.0 Å². The van der Waals surface area contributed by atoms with Crippen molar-refractivity contribution in [3.8, 4) is 17.4 Å². The van der Waals surface area contributed by atoms with Gasteiger partial charge in [-0.1, -0.05) is 26.5 Å². The molecule has 0 saturated heterocycles. The van der Waals surface area contributed by atoms with E-state index in [4.69, 9.17) is 25.1 Å². The highest BCUT2D eigenvalue weighted by Gasteiger charge is 2.09. The summed E-state index contributed by atoms with van der Waals surface area (Å²) in [6, 6.07) is 8.85.